The molecule has 0 spiro atoms. The molecule has 1 heterocycles. The minimum atomic E-state index is -0.858. The van der Waals surface area contributed by atoms with Gasteiger partial charge in [-0.15, -0.1) is 11.3 Å². The lowest BCUT2D eigenvalue weighted by Gasteiger charge is -2.25. The predicted molar refractivity (Wildman–Crippen MR) is 159 cm³/mol. The SMILES string of the molecule is Cc1csc(CN(C)C(=O)c2cccc(C(=O)N[C@@H](Cc3ccccc3)[C@H](O)CNCc3cccc(N)c3)c2)n1. The van der Waals surface area contributed by atoms with Gasteiger partial charge >= 0.3 is 0 Å². The van der Waals surface area contributed by atoms with Crippen LogP contribution >= 0.6 is 11.3 Å². The number of thiazole rings is 1. The molecule has 0 saturated carbocycles. The van der Waals surface area contributed by atoms with Crippen molar-refractivity contribution in [3.05, 3.63) is 117 Å². The smallest absolute Gasteiger partial charge is 0.253 e. The van der Waals surface area contributed by atoms with Gasteiger partial charge in [0.2, 0.25) is 0 Å². The summed E-state index contributed by atoms with van der Waals surface area (Å²) in [5.74, 6) is -0.558. The van der Waals surface area contributed by atoms with E-state index in [4.69, 9.17) is 5.73 Å². The van der Waals surface area contributed by atoms with Crippen LogP contribution in [0.4, 0.5) is 5.69 Å². The summed E-state index contributed by atoms with van der Waals surface area (Å²) in [6.45, 7) is 3.11. The summed E-state index contributed by atoms with van der Waals surface area (Å²) in [5, 5.41) is 20.1. The fourth-order valence-electron chi connectivity index (χ4n) is 4.38. The molecule has 0 saturated heterocycles. The van der Waals surface area contributed by atoms with Crippen LogP contribution in [0.2, 0.25) is 0 Å². The van der Waals surface area contributed by atoms with Gasteiger partial charge in [0.15, 0.2) is 0 Å². The highest BCUT2D eigenvalue weighted by Gasteiger charge is 2.23. The number of nitrogens with zero attached hydrogens (tertiary/aromatic N) is 2. The van der Waals surface area contributed by atoms with E-state index >= 15 is 0 Å². The number of nitrogens with one attached hydrogen (secondary N) is 2. The molecule has 2 atom stereocenters. The second-order valence-corrected chi connectivity index (χ2v) is 10.8. The Morgan fingerprint density at radius 3 is 2.45 bits per heavy atom. The molecule has 5 N–H and O–H groups in total. The van der Waals surface area contributed by atoms with Crippen molar-refractivity contribution in [2.24, 2.45) is 0 Å². The van der Waals surface area contributed by atoms with E-state index in [1.54, 1.807) is 36.2 Å². The Balaban J connectivity index is 1.42. The lowest BCUT2D eigenvalue weighted by molar-refractivity contribution is 0.0784. The van der Waals surface area contributed by atoms with E-state index in [1.165, 1.54) is 11.3 Å². The van der Waals surface area contributed by atoms with Crippen LogP contribution in [0.5, 0.6) is 0 Å². The van der Waals surface area contributed by atoms with Crippen LogP contribution < -0.4 is 16.4 Å². The monoisotopic (exact) mass is 557 g/mol. The number of rotatable bonds is 12. The predicted octanol–water partition coefficient (Wildman–Crippen LogP) is 3.80. The summed E-state index contributed by atoms with van der Waals surface area (Å²) in [6, 6.07) is 23.3. The number of carbonyl (C=O) groups excluding carboxylic acids is 2. The molecular formula is C31H35N5O3S. The van der Waals surface area contributed by atoms with Crippen LogP contribution in [0, 0.1) is 6.92 Å². The minimum Gasteiger partial charge on any atom is -0.399 e. The van der Waals surface area contributed by atoms with E-state index in [-0.39, 0.29) is 18.4 Å². The quantitative estimate of drug-likeness (QED) is 0.197. The second-order valence-electron chi connectivity index (χ2n) is 9.84. The van der Waals surface area contributed by atoms with E-state index in [0.717, 1.165) is 21.8 Å². The average Bonchev–Trinajstić information content (AvgIpc) is 3.37. The third-order valence-electron chi connectivity index (χ3n) is 6.47. The van der Waals surface area contributed by atoms with Crippen LogP contribution in [0.3, 0.4) is 0 Å². The Morgan fingerprint density at radius 2 is 1.73 bits per heavy atom. The molecule has 0 unspecified atom stereocenters. The molecule has 9 heteroatoms. The van der Waals surface area contributed by atoms with Gasteiger partial charge in [0.05, 0.1) is 18.7 Å². The Labute approximate surface area is 238 Å². The van der Waals surface area contributed by atoms with Gasteiger partial charge in [-0.05, 0) is 54.8 Å². The Kier molecular flexibility index (Phi) is 10.0. The number of nitrogens with two attached hydrogens (primary N) is 1. The zero-order chi connectivity index (χ0) is 28.5. The number of hydrogen-bond acceptors (Lipinski definition) is 7. The van der Waals surface area contributed by atoms with Crippen LogP contribution in [0.1, 0.15) is 42.5 Å². The van der Waals surface area contributed by atoms with Crippen molar-refractivity contribution in [1.29, 1.82) is 0 Å². The standard InChI is InChI=1S/C31H35N5O3S/c1-21-20-40-29(34-21)19-36(2)31(39)25-12-7-11-24(16-25)30(38)35-27(15-22-8-4-3-5-9-22)28(37)18-33-17-23-10-6-13-26(32)14-23/h3-14,16,20,27-28,33,37H,15,17-19,32H2,1-2H3,(H,35,38)/t27-,28+/m0/s1. The van der Waals surface area contributed by atoms with Crippen molar-refractivity contribution in [1.82, 2.24) is 20.5 Å². The molecule has 40 heavy (non-hydrogen) atoms. The van der Waals surface area contributed by atoms with E-state index in [1.807, 2.05) is 66.9 Å². The summed E-state index contributed by atoms with van der Waals surface area (Å²) in [6.07, 6.45) is -0.412. The number of amides is 2. The Bertz CT molecular complexity index is 1430. The maximum absolute atomic E-state index is 13.3. The number of benzene rings is 3. The van der Waals surface area contributed by atoms with Crippen molar-refractivity contribution < 1.29 is 14.7 Å². The fraction of sp³-hybridized carbons (Fsp3) is 0.258. The van der Waals surface area contributed by atoms with Gasteiger partial charge in [-0.1, -0.05) is 48.5 Å². The van der Waals surface area contributed by atoms with Crippen molar-refractivity contribution in [2.45, 2.75) is 38.6 Å². The highest BCUT2D eigenvalue weighted by molar-refractivity contribution is 7.09. The number of aromatic nitrogens is 1. The maximum Gasteiger partial charge on any atom is 0.253 e. The van der Waals surface area contributed by atoms with Gasteiger partial charge in [-0.2, -0.15) is 0 Å². The van der Waals surface area contributed by atoms with Crippen LogP contribution in [-0.2, 0) is 19.5 Å². The number of hydrogen-bond donors (Lipinski definition) is 4. The first-order valence-corrected chi connectivity index (χ1v) is 14.0. The Hall–Kier alpha value is -4.05. The van der Waals surface area contributed by atoms with Gasteiger partial charge in [-0.3, -0.25) is 9.59 Å². The molecular weight excluding hydrogens is 522 g/mol. The number of aryl methyl sites for hydroxylation is 1. The lowest BCUT2D eigenvalue weighted by atomic mass is 10.00. The maximum atomic E-state index is 13.3. The number of nitrogen functional groups attached to an aromatic ring is 1. The van der Waals surface area contributed by atoms with Crippen molar-refractivity contribution in [3.63, 3.8) is 0 Å². The lowest BCUT2D eigenvalue weighted by Crippen LogP contribution is -2.48. The van der Waals surface area contributed by atoms with Crippen molar-refractivity contribution in [2.75, 3.05) is 19.3 Å². The largest absolute Gasteiger partial charge is 0.399 e. The van der Waals surface area contributed by atoms with Gasteiger partial charge in [0.25, 0.3) is 11.8 Å². The first-order chi connectivity index (χ1) is 19.3. The Morgan fingerprint density at radius 1 is 1.00 bits per heavy atom. The first kappa shape index (κ1) is 28.9. The number of carbonyl (C=O) groups is 2. The van der Waals surface area contributed by atoms with E-state index in [2.05, 4.69) is 15.6 Å². The molecule has 4 rings (SSSR count). The van der Waals surface area contributed by atoms with Gasteiger partial charge < -0.3 is 26.4 Å². The highest BCUT2D eigenvalue weighted by atomic mass is 32.1. The van der Waals surface area contributed by atoms with Crippen LogP contribution in [0.25, 0.3) is 0 Å². The van der Waals surface area contributed by atoms with Gasteiger partial charge in [0, 0.05) is 48.0 Å². The van der Waals surface area contributed by atoms with Crippen LogP contribution in [-0.4, -0.2) is 52.5 Å². The normalized spacial score (nSPS) is 12.5. The van der Waals surface area contributed by atoms with E-state index < -0.39 is 12.1 Å². The molecule has 0 aliphatic rings. The molecule has 4 aromatic rings. The van der Waals surface area contributed by atoms with Gasteiger partial charge in [0.1, 0.15) is 5.01 Å². The molecule has 0 aliphatic carbocycles. The topological polar surface area (TPSA) is 121 Å². The van der Waals surface area contributed by atoms with Crippen molar-refractivity contribution in [3.8, 4) is 0 Å². The summed E-state index contributed by atoms with van der Waals surface area (Å²) in [5.41, 5.74) is 10.2. The van der Waals surface area contributed by atoms with E-state index in [9.17, 15) is 14.7 Å². The van der Waals surface area contributed by atoms with E-state index in [0.29, 0.717) is 36.3 Å². The molecule has 0 fully saturated rings. The zero-order valence-electron chi connectivity index (χ0n) is 22.7. The summed E-state index contributed by atoms with van der Waals surface area (Å²) >= 11 is 1.51. The third-order valence-corrected chi connectivity index (χ3v) is 7.42. The molecule has 208 valence electrons. The highest BCUT2D eigenvalue weighted by Crippen LogP contribution is 2.15. The van der Waals surface area contributed by atoms with Crippen molar-refractivity contribution >= 4 is 28.8 Å². The van der Waals surface area contributed by atoms with Crippen LogP contribution in [0.15, 0.2) is 84.2 Å². The summed E-state index contributed by atoms with van der Waals surface area (Å²) < 4.78 is 0. The van der Waals surface area contributed by atoms with Gasteiger partial charge in [-0.25, -0.2) is 4.98 Å². The summed E-state index contributed by atoms with van der Waals surface area (Å²) in [4.78, 5) is 32.4. The second kappa shape index (κ2) is 13.8. The molecule has 0 aliphatic heterocycles. The molecule has 1 aromatic heterocycles. The summed E-state index contributed by atoms with van der Waals surface area (Å²) in [7, 11) is 1.72. The molecule has 8 nitrogen and oxygen atoms in total. The molecule has 0 bridgehead atoms. The zero-order valence-corrected chi connectivity index (χ0v) is 23.5. The average molecular weight is 558 g/mol. The minimum absolute atomic E-state index is 0.200. The number of anilines is 1. The molecule has 0 radical (unpaired) electrons. The fourth-order valence-corrected chi connectivity index (χ4v) is 5.20. The molecule has 2 amide bonds. The number of aliphatic hydroxyl groups excluding tert-OH is 1. The first-order valence-electron chi connectivity index (χ1n) is 13.1. The molecule has 3 aromatic carbocycles. The number of aliphatic hydroxyl groups is 1. The third kappa shape index (κ3) is 8.22.